The van der Waals surface area contributed by atoms with Crippen LogP contribution in [0.1, 0.15) is 33.3 Å². The standard InChI is InChI=1S/C24H15ClN2O5/c1-13-8-9-19-18(10-13)22(28)20-21(14-4-2-7-17(11-14)27(30)31)26(24(29)23(20)32-19)16-6-3-5-15(25)12-16/h2-12,21H,1H3/t21-/m1/s1. The molecule has 8 heteroatoms. The molecule has 4 aromatic rings. The number of amides is 1. The summed E-state index contributed by atoms with van der Waals surface area (Å²) < 4.78 is 5.91. The summed E-state index contributed by atoms with van der Waals surface area (Å²) in [6, 6.07) is 16.8. The van der Waals surface area contributed by atoms with Crippen LogP contribution in [0.4, 0.5) is 11.4 Å². The molecule has 0 saturated carbocycles. The number of benzene rings is 3. The first-order valence-corrected chi connectivity index (χ1v) is 10.1. The van der Waals surface area contributed by atoms with E-state index in [0.29, 0.717) is 27.2 Å². The monoisotopic (exact) mass is 446 g/mol. The van der Waals surface area contributed by atoms with Gasteiger partial charge in [-0.25, -0.2) is 0 Å². The molecule has 0 spiro atoms. The van der Waals surface area contributed by atoms with E-state index in [1.165, 1.54) is 23.1 Å². The van der Waals surface area contributed by atoms with Crippen LogP contribution < -0.4 is 10.3 Å². The van der Waals surface area contributed by atoms with Crippen LogP contribution in [-0.4, -0.2) is 10.8 Å². The van der Waals surface area contributed by atoms with Crippen molar-refractivity contribution in [1.29, 1.82) is 0 Å². The van der Waals surface area contributed by atoms with Crippen LogP contribution in [0.25, 0.3) is 11.0 Å². The van der Waals surface area contributed by atoms with Gasteiger partial charge in [-0.05, 0) is 42.8 Å². The lowest BCUT2D eigenvalue weighted by molar-refractivity contribution is -0.384. The van der Waals surface area contributed by atoms with E-state index in [4.69, 9.17) is 16.0 Å². The van der Waals surface area contributed by atoms with Crippen LogP contribution in [-0.2, 0) is 0 Å². The molecular weight excluding hydrogens is 432 g/mol. The first-order valence-electron chi connectivity index (χ1n) is 9.76. The zero-order valence-electron chi connectivity index (χ0n) is 16.7. The Kier molecular flexibility index (Phi) is 4.56. The highest BCUT2D eigenvalue weighted by Gasteiger charge is 2.44. The maximum atomic E-state index is 13.6. The second-order valence-electron chi connectivity index (χ2n) is 7.58. The highest BCUT2D eigenvalue weighted by Crippen LogP contribution is 2.42. The molecule has 0 unspecified atom stereocenters. The summed E-state index contributed by atoms with van der Waals surface area (Å²) in [5, 5.41) is 12.1. The molecule has 5 rings (SSSR count). The van der Waals surface area contributed by atoms with Crippen LogP contribution >= 0.6 is 11.6 Å². The number of nitro groups is 1. The number of hydrogen-bond acceptors (Lipinski definition) is 5. The number of rotatable bonds is 3. The molecule has 1 aromatic heterocycles. The van der Waals surface area contributed by atoms with Gasteiger partial charge in [-0.2, -0.15) is 0 Å². The number of carbonyl (C=O) groups excluding carboxylic acids is 1. The van der Waals surface area contributed by atoms with Gasteiger partial charge >= 0.3 is 0 Å². The summed E-state index contributed by atoms with van der Waals surface area (Å²) >= 11 is 6.16. The number of fused-ring (bicyclic) bond motifs is 2. The molecule has 158 valence electrons. The smallest absolute Gasteiger partial charge is 0.295 e. The Morgan fingerprint density at radius 1 is 1.03 bits per heavy atom. The molecule has 0 radical (unpaired) electrons. The summed E-state index contributed by atoms with van der Waals surface area (Å²) in [5.41, 5.74) is 1.70. The number of aryl methyl sites for hydroxylation is 1. The number of nitrogens with zero attached hydrogens (tertiary/aromatic N) is 2. The van der Waals surface area contributed by atoms with E-state index >= 15 is 0 Å². The lowest BCUT2D eigenvalue weighted by Gasteiger charge is -2.25. The second-order valence-corrected chi connectivity index (χ2v) is 8.02. The summed E-state index contributed by atoms with van der Waals surface area (Å²) in [4.78, 5) is 39.3. The molecule has 0 aliphatic carbocycles. The number of anilines is 1. The number of carbonyl (C=O) groups is 1. The van der Waals surface area contributed by atoms with Gasteiger partial charge in [-0.3, -0.25) is 24.6 Å². The molecule has 1 aliphatic rings. The fraction of sp³-hybridized carbons (Fsp3) is 0.0833. The van der Waals surface area contributed by atoms with Gasteiger partial charge in [0.05, 0.1) is 21.9 Å². The number of non-ortho nitro benzene ring substituents is 1. The number of nitro benzene ring substituents is 1. The van der Waals surface area contributed by atoms with E-state index in [1.54, 1.807) is 48.5 Å². The van der Waals surface area contributed by atoms with Crippen molar-refractivity contribution >= 4 is 39.9 Å². The van der Waals surface area contributed by atoms with E-state index in [1.807, 2.05) is 6.92 Å². The van der Waals surface area contributed by atoms with Crippen molar-refractivity contribution in [3.05, 3.63) is 115 Å². The van der Waals surface area contributed by atoms with Gasteiger partial charge < -0.3 is 4.42 Å². The van der Waals surface area contributed by atoms with E-state index in [0.717, 1.165) is 5.56 Å². The highest BCUT2D eigenvalue weighted by molar-refractivity contribution is 6.31. The van der Waals surface area contributed by atoms with Crippen molar-refractivity contribution in [2.24, 2.45) is 0 Å². The molecule has 1 atom stereocenters. The van der Waals surface area contributed by atoms with Crippen molar-refractivity contribution < 1.29 is 14.1 Å². The summed E-state index contributed by atoms with van der Waals surface area (Å²) in [5.74, 6) is -0.596. The molecule has 0 saturated heterocycles. The third-order valence-corrected chi connectivity index (χ3v) is 5.74. The Balaban J connectivity index is 1.83. The molecule has 0 N–H and O–H groups in total. The number of hydrogen-bond donors (Lipinski definition) is 0. The zero-order chi connectivity index (χ0) is 22.6. The third kappa shape index (κ3) is 3.06. The van der Waals surface area contributed by atoms with E-state index in [9.17, 15) is 19.7 Å². The molecule has 0 bridgehead atoms. The van der Waals surface area contributed by atoms with Crippen molar-refractivity contribution in [2.75, 3.05) is 4.90 Å². The first-order chi connectivity index (χ1) is 15.3. The molecule has 1 aliphatic heterocycles. The van der Waals surface area contributed by atoms with Crippen LogP contribution in [0.3, 0.4) is 0 Å². The lowest BCUT2D eigenvalue weighted by Crippen LogP contribution is -2.29. The van der Waals surface area contributed by atoms with Gasteiger partial charge in [0.25, 0.3) is 11.6 Å². The summed E-state index contributed by atoms with van der Waals surface area (Å²) in [7, 11) is 0. The predicted molar refractivity (Wildman–Crippen MR) is 120 cm³/mol. The minimum atomic E-state index is -0.906. The molecular formula is C24H15ClN2O5. The van der Waals surface area contributed by atoms with Crippen molar-refractivity contribution in [3.63, 3.8) is 0 Å². The fourth-order valence-corrected chi connectivity index (χ4v) is 4.29. The first kappa shape index (κ1) is 20.0. The van der Waals surface area contributed by atoms with Crippen LogP contribution in [0.15, 0.2) is 75.9 Å². The molecule has 2 heterocycles. The maximum Gasteiger partial charge on any atom is 0.295 e. The van der Waals surface area contributed by atoms with Gasteiger partial charge in [0, 0.05) is 22.8 Å². The van der Waals surface area contributed by atoms with Crippen LogP contribution in [0.5, 0.6) is 0 Å². The van der Waals surface area contributed by atoms with Crippen molar-refractivity contribution in [3.8, 4) is 0 Å². The van der Waals surface area contributed by atoms with Crippen molar-refractivity contribution in [2.45, 2.75) is 13.0 Å². The van der Waals surface area contributed by atoms with Gasteiger partial charge in [-0.15, -0.1) is 0 Å². The molecule has 3 aromatic carbocycles. The van der Waals surface area contributed by atoms with E-state index < -0.39 is 16.9 Å². The van der Waals surface area contributed by atoms with Gasteiger partial charge in [0.1, 0.15) is 5.58 Å². The molecule has 7 nitrogen and oxygen atoms in total. The molecule has 0 fully saturated rings. The normalized spacial score (nSPS) is 15.2. The summed E-state index contributed by atoms with van der Waals surface area (Å²) in [6.45, 7) is 1.85. The van der Waals surface area contributed by atoms with Gasteiger partial charge in [0.15, 0.2) is 5.43 Å². The fourth-order valence-electron chi connectivity index (χ4n) is 4.10. The Labute approximate surface area is 186 Å². The van der Waals surface area contributed by atoms with E-state index in [-0.39, 0.29) is 22.4 Å². The van der Waals surface area contributed by atoms with E-state index in [2.05, 4.69) is 0 Å². The van der Waals surface area contributed by atoms with Gasteiger partial charge in [0.2, 0.25) is 5.76 Å². The van der Waals surface area contributed by atoms with Gasteiger partial charge in [-0.1, -0.05) is 41.4 Å². The SMILES string of the molecule is Cc1ccc2oc3c(c(=O)c2c1)[C@@H](c1cccc([N+](=O)[O-])c1)N(c1cccc(Cl)c1)C3=O. The number of halogens is 1. The Morgan fingerprint density at radius 2 is 1.81 bits per heavy atom. The minimum absolute atomic E-state index is 0.0807. The highest BCUT2D eigenvalue weighted by atomic mass is 35.5. The Hall–Kier alpha value is -3.97. The zero-order valence-corrected chi connectivity index (χ0v) is 17.5. The maximum absolute atomic E-state index is 13.6. The molecule has 32 heavy (non-hydrogen) atoms. The topological polar surface area (TPSA) is 93.7 Å². The quantitative estimate of drug-likeness (QED) is 0.309. The van der Waals surface area contributed by atoms with Crippen molar-refractivity contribution in [1.82, 2.24) is 0 Å². The minimum Gasteiger partial charge on any atom is -0.450 e. The Morgan fingerprint density at radius 3 is 2.56 bits per heavy atom. The average Bonchev–Trinajstić information content (AvgIpc) is 3.07. The summed E-state index contributed by atoms with van der Waals surface area (Å²) in [6.07, 6.45) is 0. The lowest BCUT2D eigenvalue weighted by atomic mass is 9.97. The second kappa shape index (κ2) is 7.32. The Bertz CT molecular complexity index is 1490. The average molecular weight is 447 g/mol. The van der Waals surface area contributed by atoms with Crippen LogP contribution in [0.2, 0.25) is 5.02 Å². The third-order valence-electron chi connectivity index (χ3n) is 5.51. The van der Waals surface area contributed by atoms with Crippen LogP contribution in [0, 0.1) is 17.0 Å². The molecule has 1 amide bonds. The predicted octanol–water partition coefficient (Wildman–Crippen LogP) is 5.41. The largest absolute Gasteiger partial charge is 0.450 e.